The molecule has 1 aromatic rings. The maximum Gasteiger partial charge on any atom is 0.239 e. The number of aliphatic imine (C=N–C) groups is 1. The molecule has 2 heterocycles. The zero-order valence-corrected chi connectivity index (χ0v) is 20.5. The standard InChI is InChI=1S/C19H32N8O2.HI/c1-19(2,3)25-15(28)14-24-17(20-4)21-9-6-16(29)26-10-12-27(13-11-26)18-22-7-5-8-23-18;/h5,7-8H,6,9-14H2,1-4H3,(H,25,28)(H2,20,21,24);1H. The fourth-order valence-corrected chi connectivity index (χ4v) is 2.90. The summed E-state index contributed by atoms with van der Waals surface area (Å²) in [6.07, 6.45) is 3.80. The Hall–Kier alpha value is -2.18. The van der Waals surface area contributed by atoms with Crippen LogP contribution in [0.1, 0.15) is 27.2 Å². The smallest absolute Gasteiger partial charge is 0.239 e. The predicted molar refractivity (Wildman–Crippen MR) is 128 cm³/mol. The van der Waals surface area contributed by atoms with Gasteiger partial charge < -0.3 is 25.8 Å². The van der Waals surface area contributed by atoms with Gasteiger partial charge in [0.15, 0.2) is 5.96 Å². The molecule has 1 aliphatic rings. The maximum atomic E-state index is 12.4. The van der Waals surface area contributed by atoms with Crippen LogP contribution in [0.3, 0.4) is 0 Å². The molecule has 0 aliphatic carbocycles. The molecule has 1 aromatic heterocycles. The molecule has 0 saturated carbocycles. The Morgan fingerprint density at radius 3 is 2.30 bits per heavy atom. The van der Waals surface area contributed by atoms with Gasteiger partial charge in [0.25, 0.3) is 0 Å². The molecule has 2 amide bonds. The number of aromatic nitrogens is 2. The number of carbonyl (C=O) groups is 2. The van der Waals surface area contributed by atoms with E-state index in [4.69, 9.17) is 0 Å². The Morgan fingerprint density at radius 1 is 1.10 bits per heavy atom. The number of nitrogens with one attached hydrogen (secondary N) is 3. The molecular weight excluding hydrogens is 499 g/mol. The van der Waals surface area contributed by atoms with Gasteiger partial charge in [-0.25, -0.2) is 9.97 Å². The molecule has 0 spiro atoms. The van der Waals surface area contributed by atoms with E-state index in [9.17, 15) is 9.59 Å². The Bertz CT molecular complexity index is 700. The average molecular weight is 532 g/mol. The molecule has 0 unspecified atom stereocenters. The van der Waals surface area contributed by atoms with Gasteiger partial charge in [0.1, 0.15) is 0 Å². The first-order valence-electron chi connectivity index (χ1n) is 9.84. The van der Waals surface area contributed by atoms with Gasteiger partial charge in [-0.1, -0.05) is 0 Å². The number of rotatable bonds is 6. The normalized spacial score (nSPS) is 14.6. The number of anilines is 1. The number of hydrogen-bond donors (Lipinski definition) is 3. The summed E-state index contributed by atoms with van der Waals surface area (Å²) in [6.45, 7) is 9.08. The molecule has 10 nitrogen and oxygen atoms in total. The number of nitrogens with zero attached hydrogens (tertiary/aromatic N) is 5. The number of piperazine rings is 1. The third-order valence-corrected chi connectivity index (χ3v) is 4.25. The van der Waals surface area contributed by atoms with Crippen molar-refractivity contribution in [3.05, 3.63) is 18.5 Å². The first kappa shape index (κ1) is 25.9. The van der Waals surface area contributed by atoms with E-state index in [0.717, 1.165) is 13.1 Å². The zero-order valence-electron chi connectivity index (χ0n) is 18.1. The second-order valence-electron chi connectivity index (χ2n) is 7.82. The molecule has 0 aromatic carbocycles. The van der Waals surface area contributed by atoms with Crippen molar-refractivity contribution in [2.45, 2.75) is 32.7 Å². The van der Waals surface area contributed by atoms with Crippen LogP contribution in [0.4, 0.5) is 5.95 Å². The summed E-state index contributed by atoms with van der Waals surface area (Å²) in [5, 5.41) is 8.90. The van der Waals surface area contributed by atoms with Crippen LogP contribution in [0.2, 0.25) is 0 Å². The van der Waals surface area contributed by atoms with Crippen LogP contribution in [0.25, 0.3) is 0 Å². The lowest BCUT2D eigenvalue weighted by molar-refractivity contribution is -0.131. The Morgan fingerprint density at radius 2 is 1.73 bits per heavy atom. The third kappa shape index (κ3) is 9.09. The van der Waals surface area contributed by atoms with Crippen LogP contribution >= 0.6 is 24.0 Å². The maximum absolute atomic E-state index is 12.4. The van der Waals surface area contributed by atoms with Crippen molar-refractivity contribution < 1.29 is 9.59 Å². The fourth-order valence-electron chi connectivity index (χ4n) is 2.90. The number of halogens is 1. The quantitative estimate of drug-likeness (QED) is 0.273. The summed E-state index contributed by atoms with van der Waals surface area (Å²) in [4.78, 5) is 40.8. The molecule has 0 bridgehead atoms. The van der Waals surface area contributed by atoms with Gasteiger partial charge >= 0.3 is 0 Å². The van der Waals surface area contributed by atoms with E-state index in [1.54, 1.807) is 25.5 Å². The van der Waals surface area contributed by atoms with Gasteiger partial charge in [-0.3, -0.25) is 14.6 Å². The van der Waals surface area contributed by atoms with Crippen LogP contribution in [0.15, 0.2) is 23.5 Å². The van der Waals surface area contributed by atoms with Gasteiger partial charge in [0, 0.05) is 64.1 Å². The van der Waals surface area contributed by atoms with Gasteiger partial charge in [0.05, 0.1) is 6.54 Å². The zero-order chi connectivity index (χ0) is 21.3. The van der Waals surface area contributed by atoms with Gasteiger partial charge in [-0.15, -0.1) is 24.0 Å². The molecule has 0 radical (unpaired) electrons. The second kappa shape index (κ2) is 12.5. The predicted octanol–water partition coefficient (Wildman–Crippen LogP) is 0.213. The molecule has 30 heavy (non-hydrogen) atoms. The molecule has 0 atom stereocenters. The van der Waals surface area contributed by atoms with Crippen molar-refractivity contribution in [1.29, 1.82) is 0 Å². The first-order valence-corrected chi connectivity index (χ1v) is 9.84. The molecule has 1 fully saturated rings. The summed E-state index contributed by atoms with van der Waals surface area (Å²) in [5.74, 6) is 1.17. The highest BCUT2D eigenvalue weighted by Crippen LogP contribution is 2.10. The third-order valence-electron chi connectivity index (χ3n) is 4.25. The lowest BCUT2D eigenvalue weighted by Gasteiger charge is -2.34. The van der Waals surface area contributed by atoms with E-state index >= 15 is 0 Å². The van der Waals surface area contributed by atoms with Crippen molar-refractivity contribution in [3.8, 4) is 0 Å². The topological polar surface area (TPSA) is 115 Å². The minimum absolute atomic E-state index is 0. The number of hydrogen-bond acceptors (Lipinski definition) is 6. The molecule has 1 aliphatic heterocycles. The van der Waals surface area contributed by atoms with Crippen molar-refractivity contribution in [2.24, 2.45) is 4.99 Å². The van der Waals surface area contributed by atoms with E-state index in [2.05, 4.69) is 35.8 Å². The second-order valence-corrected chi connectivity index (χ2v) is 7.82. The molecule has 168 valence electrons. The molecule has 2 rings (SSSR count). The minimum atomic E-state index is -0.279. The average Bonchev–Trinajstić information content (AvgIpc) is 2.70. The highest BCUT2D eigenvalue weighted by atomic mass is 127. The van der Waals surface area contributed by atoms with E-state index < -0.39 is 0 Å². The van der Waals surface area contributed by atoms with Crippen LogP contribution in [0, 0.1) is 0 Å². The first-order chi connectivity index (χ1) is 13.8. The Balaban J connectivity index is 0.00000450. The molecule has 1 saturated heterocycles. The molecule has 3 N–H and O–H groups in total. The SMILES string of the molecule is CN=C(NCCC(=O)N1CCN(c2ncccn2)CC1)NCC(=O)NC(C)(C)C.I. The van der Waals surface area contributed by atoms with E-state index in [1.165, 1.54) is 0 Å². The van der Waals surface area contributed by atoms with Crippen molar-refractivity contribution in [3.63, 3.8) is 0 Å². The van der Waals surface area contributed by atoms with Crippen molar-refractivity contribution in [2.75, 3.05) is 51.2 Å². The van der Waals surface area contributed by atoms with E-state index in [-0.39, 0.29) is 47.9 Å². The largest absolute Gasteiger partial charge is 0.356 e. The molecular formula is C19H33IN8O2. The highest BCUT2D eigenvalue weighted by Gasteiger charge is 2.22. The summed E-state index contributed by atoms with van der Waals surface area (Å²) < 4.78 is 0. The van der Waals surface area contributed by atoms with Crippen LogP contribution < -0.4 is 20.9 Å². The lowest BCUT2D eigenvalue weighted by Crippen LogP contribution is -2.50. The van der Waals surface area contributed by atoms with Crippen LogP contribution in [-0.2, 0) is 9.59 Å². The van der Waals surface area contributed by atoms with Gasteiger partial charge in [-0.2, -0.15) is 0 Å². The van der Waals surface area contributed by atoms with Crippen LogP contribution in [-0.4, -0.2) is 84.5 Å². The molecule has 11 heteroatoms. The summed E-state index contributed by atoms with van der Waals surface area (Å²) in [6, 6.07) is 1.79. The highest BCUT2D eigenvalue weighted by molar-refractivity contribution is 14.0. The van der Waals surface area contributed by atoms with E-state index in [0.29, 0.717) is 38.0 Å². The van der Waals surface area contributed by atoms with E-state index in [1.807, 2.05) is 25.7 Å². The summed E-state index contributed by atoms with van der Waals surface area (Å²) in [7, 11) is 1.63. The monoisotopic (exact) mass is 532 g/mol. The fraction of sp³-hybridized carbons (Fsp3) is 0.632. The van der Waals surface area contributed by atoms with Gasteiger partial charge in [0.2, 0.25) is 17.8 Å². The number of amides is 2. The minimum Gasteiger partial charge on any atom is -0.356 e. The van der Waals surface area contributed by atoms with Crippen molar-refractivity contribution in [1.82, 2.24) is 30.8 Å². The lowest BCUT2D eigenvalue weighted by atomic mass is 10.1. The Kier molecular flexibility index (Phi) is 10.8. The Labute approximate surface area is 195 Å². The summed E-state index contributed by atoms with van der Waals surface area (Å²) >= 11 is 0. The number of guanidine groups is 1. The van der Waals surface area contributed by atoms with Crippen LogP contribution in [0.5, 0.6) is 0 Å². The number of carbonyl (C=O) groups excluding carboxylic acids is 2. The van der Waals surface area contributed by atoms with Crippen molar-refractivity contribution >= 4 is 47.7 Å². The van der Waals surface area contributed by atoms with Gasteiger partial charge in [-0.05, 0) is 26.8 Å². The summed E-state index contributed by atoms with van der Waals surface area (Å²) in [5.41, 5.74) is -0.279.